The second-order valence-electron chi connectivity index (χ2n) is 10.8. The number of hydrogen-bond donors (Lipinski definition) is 2. The van der Waals surface area contributed by atoms with Crippen molar-refractivity contribution >= 4 is 34.6 Å². The highest BCUT2D eigenvalue weighted by Crippen LogP contribution is 2.61. The Kier molecular flexibility index (Phi) is 5.51. The number of piperidine rings is 1. The van der Waals surface area contributed by atoms with Crippen molar-refractivity contribution in [2.75, 3.05) is 23.3 Å². The van der Waals surface area contributed by atoms with Gasteiger partial charge in [-0.3, -0.25) is 4.79 Å². The molecule has 30 heavy (non-hydrogen) atoms. The summed E-state index contributed by atoms with van der Waals surface area (Å²) in [6, 6.07) is 8.42. The molecule has 1 aromatic carbocycles. The predicted octanol–water partition coefficient (Wildman–Crippen LogP) is 5.34. The molecule has 1 aliphatic heterocycles. The van der Waals surface area contributed by atoms with E-state index in [2.05, 4.69) is 46.7 Å². The molecule has 5 heteroatoms. The maximum absolute atomic E-state index is 12.8. The number of nitrogens with one attached hydrogen (secondary N) is 2. The first kappa shape index (κ1) is 20.3. The molecule has 4 bridgehead atoms. The van der Waals surface area contributed by atoms with Gasteiger partial charge in [0.05, 0.1) is 0 Å². The van der Waals surface area contributed by atoms with Crippen LogP contribution in [0, 0.1) is 29.1 Å². The van der Waals surface area contributed by atoms with E-state index in [0.717, 1.165) is 42.4 Å². The van der Waals surface area contributed by atoms with E-state index < -0.39 is 0 Å². The van der Waals surface area contributed by atoms with Crippen molar-refractivity contribution in [2.24, 2.45) is 29.1 Å². The Morgan fingerprint density at radius 3 is 2.17 bits per heavy atom. The van der Waals surface area contributed by atoms with Gasteiger partial charge in [-0.05, 0) is 117 Å². The van der Waals surface area contributed by atoms with Crippen molar-refractivity contribution in [1.29, 1.82) is 0 Å². The lowest BCUT2D eigenvalue weighted by molar-refractivity contribution is -0.127. The van der Waals surface area contributed by atoms with E-state index in [4.69, 9.17) is 12.2 Å². The highest BCUT2D eigenvalue weighted by molar-refractivity contribution is 7.80. The lowest BCUT2D eigenvalue weighted by atomic mass is 9.49. The van der Waals surface area contributed by atoms with Crippen LogP contribution in [0.25, 0.3) is 0 Å². The normalized spacial score (nSPS) is 32.8. The van der Waals surface area contributed by atoms with E-state index in [-0.39, 0.29) is 11.3 Å². The van der Waals surface area contributed by atoms with Crippen LogP contribution in [0.4, 0.5) is 11.4 Å². The Bertz CT molecular complexity index is 762. The molecule has 5 fully saturated rings. The fourth-order valence-corrected chi connectivity index (χ4v) is 7.43. The summed E-state index contributed by atoms with van der Waals surface area (Å²) in [4.78, 5) is 15.2. The number of carbonyl (C=O) groups excluding carboxylic acids is 1. The number of amides is 1. The summed E-state index contributed by atoms with van der Waals surface area (Å²) in [7, 11) is 0. The van der Waals surface area contributed by atoms with Crippen molar-refractivity contribution in [3.05, 3.63) is 24.3 Å². The van der Waals surface area contributed by atoms with Crippen LogP contribution in [0.1, 0.15) is 64.7 Å². The minimum Gasteiger partial charge on any atom is -0.372 e. The van der Waals surface area contributed by atoms with E-state index >= 15 is 0 Å². The summed E-state index contributed by atoms with van der Waals surface area (Å²) >= 11 is 5.44. The molecule has 0 aromatic heterocycles. The molecule has 6 rings (SSSR count). The van der Waals surface area contributed by atoms with Gasteiger partial charge < -0.3 is 15.5 Å². The largest absolute Gasteiger partial charge is 0.372 e. The van der Waals surface area contributed by atoms with Crippen molar-refractivity contribution in [2.45, 2.75) is 64.7 Å². The summed E-state index contributed by atoms with van der Waals surface area (Å²) in [5.41, 5.74) is 2.45. The minimum absolute atomic E-state index is 0.0912. The minimum atomic E-state index is 0.0912. The van der Waals surface area contributed by atoms with Gasteiger partial charge >= 0.3 is 0 Å². The first-order valence-corrected chi connectivity index (χ1v) is 12.3. The van der Waals surface area contributed by atoms with Gasteiger partial charge in [0.25, 0.3) is 0 Å². The van der Waals surface area contributed by atoms with Gasteiger partial charge in [-0.2, -0.15) is 0 Å². The number of carbonyl (C=O) groups is 1. The van der Waals surface area contributed by atoms with Crippen molar-refractivity contribution in [3.8, 4) is 0 Å². The molecule has 1 heterocycles. The summed E-state index contributed by atoms with van der Waals surface area (Å²) in [5, 5.41) is 6.58. The lowest BCUT2D eigenvalue weighted by Crippen LogP contribution is -2.48. The molecule has 1 amide bonds. The fraction of sp³-hybridized carbons (Fsp3) is 0.680. The van der Waals surface area contributed by atoms with Crippen LogP contribution in [0.5, 0.6) is 0 Å². The SMILES string of the molecule is CC1CCN(c2ccc(NC(=S)NC(=O)CC34CC5CC(CC(C5)C3)C4)cc2)CC1. The van der Waals surface area contributed by atoms with Crippen LogP contribution >= 0.6 is 12.2 Å². The number of benzene rings is 1. The number of rotatable bonds is 4. The van der Waals surface area contributed by atoms with Gasteiger partial charge in [0, 0.05) is 30.9 Å². The molecule has 1 aromatic rings. The molecule has 4 saturated carbocycles. The van der Waals surface area contributed by atoms with Gasteiger partial charge in [0.2, 0.25) is 5.91 Å². The Morgan fingerprint density at radius 2 is 1.60 bits per heavy atom. The first-order valence-electron chi connectivity index (χ1n) is 11.9. The molecular weight excluding hydrogens is 390 g/mol. The average Bonchev–Trinajstić information content (AvgIpc) is 2.67. The Balaban J connectivity index is 1.12. The molecule has 4 aliphatic carbocycles. The zero-order chi connectivity index (χ0) is 20.7. The van der Waals surface area contributed by atoms with E-state index in [0.29, 0.717) is 11.5 Å². The van der Waals surface area contributed by atoms with Gasteiger partial charge in [-0.25, -0.2) is 0 Å². The smallest absolute Gasteiger partial charge is 0.226 e. The van der Waals surface area contributed by atoms with Crippen molar-refractivity contribution in [3.63, 3.8) is 0 Å². The first-order chi connectivity index (χ1) is 14.5. The third-order valence-electron chi connectivity index (χ3n) is 8.23. The summed E-state index contributed by atoms with van der Waals surface area (Å²) < 4.78 is 0. The van der Waals surface area contributed by atoms with Crippen molar-refractivity contribution < 1.29 is 4.79 Å². The van der Waals surface area contributed by atoms with E-state index in [1.165, 1.54) is 57.1 Å². The summed E-state index contributed by atoms with van der Waals surface area (Å²) in [6.07, 6.45) is 11.2. The van der Waals surface area contributed by atoms with Gasteiger partial charge in [-0.15, -0.1) is 0 Å². The standard InChI is InChI=1S/C25H35N3OS/c1-17-6-8-28(9-7-17)22-4-2-21(3-5-22)26-24(30)27-23(29)16-25-13-18-10-19(14-25)12-20(11-18)15-25/h2-5,17-20H,6-16H2,1H3,(H2,26,27,29,30). The second kappa shape index (κ2) is 8.14. The van der Waals surface area contributed by atoms with Crippen molar-refractivity contribution in [1.82, 2.24) is 5.32 Å². The molecule has 0 radical (unpaired) electrons. The highest BCUT2D eigenvalue weighted by Gasteiger charge is 2.51. The fourth-order valence-electron chi connectivity index (χ4n) is 7.20. The number of hydrogen-bond acceptors (Lipinski definition) is 3. The van der Waals surface area contributed by atoms with E-state index in [9.17, 15) is 4.79 Å². The highest BCUT2D eigenvalue weighted by atomic mass is 32.1. The van der Waals surface area contributed by atoms with Crippen LogP contribution in [-0.2, 0) is 4.79 Å². The Morgan fingerprint density at radius 1 is 1.03 bits per heavy atom. The quantitative estimate of drug-likeness (QED) is 0.639. The Hall–Kier alpha value is -1.62. The van der Waals surface area contributed by atoms with Crippen LogP contribution in [0.2, 0.25) is 0 Å². The van der Waals surface area contributed by atoms with Crippen LogP contribution in [-0.4, -0.2) is 24.1 Å². The van der Waals surface area contributed by atoms with Crippen LogP contribution < -0.4 is 15.5 Å². The number of anilines is 2. The Labute approximate surface area is 186 Å². The molecule has 1 saturated heterocycles. The monoisotopic (exact) mass is 425 g/mol. The average molecular weight is 426 g/mol. The topological polar surface area (TPSA) is 44.4 Å². The second-order valence-corrected chi connectivity index (χ2v) is 11.2. The summed E-state index contributed by atoms with van der Waals surface area (Å²) in [6.45, 7) is 4.60. The third-order valence-corrected chi connectivity index (χ3v) is 8.43. The van der Waals surface area contributed by atoms with Gasteiger partial charge in [0.1, 0.15) is 0 Å². The maximum Gasteiger partial charge on any atom is 0.226 e. The van der Waals surface area contributed by atoms with Gasteiger partial charge in [0.15, 0.2) is 5.11 Å². The lowest BCUT2D eigenvalue weighted by Gasteiger charge is -2.56. The van der Waals surface area contributed by atoms with Crippen LogP contribution in [0.15, 0.2) is 24.3 Å². The number of nitrogens with zero attached hydrogens (tertiary/aromatic N) is 1. The zero-order valence-corrected chi connectivity index (χ0v) is 19.0. The molecule has 2 N–H and O–H groups in total. The van der Waals surface area contributed by atoms with E-state index in [1.54, 1.807) is 0 Å². The zero-order valence-electron chi connectivity index (χ0n) is 18.2. The molecule has 5 aliphatic rings. The molecule has 0 atom stereocenters. The number of thiocarbonyl (C=S) groups is 1. The third kappa shape index (κ3) is 4.37. The predicted molar refractivity (Wildman–Crippen MR) is 127 cm³/mol. The van der Waals surface area contributed by atoms with Crippen LogP contribution in [0.3, 0.4) is 0 Å². The molecule has 162 valence electrons. The molecule has 0 unspecified atom stereocenters. The maximum atomic E-state index is 12.8. The molecule has 0 spiro atoms. The summed E-state index contributed by atoms with van der Waals surface area (Å²) in [5.74, 6) is 3.54. The molecule has 4 nitrogen and oxygen atoms in total. The van der Waals surface area contributed by atoms with Gasteiger partial charge in [-0.1, -0.05) is 6.92 Å². The van der Waals surface area contributed by atoms with E-state index in [1.807, 2.05) is 0 Å². The molecular formula is C25H35N3OS.